The van der Waals surface area contributed by atoms with E-state index in [0.717, 1.165) is 17.7 Å². The van der Waals surface area contributed by atoms with Gasteiger partial charge in [0.15, 0.2) is 0 Å². The Morgan fingerprint density at radius 1 is 1.15 bits per heavy atom. The van der Waals surface area contributed by atoms with Crippen molar-refractivity contribution >= 4 is 21.6 Å². The van der Waals surface area contributed by atoms with Crippen LogP contribution >= 0.6 is 0 Å². The van der Waals surface area contributed by atoms with Gasteiger partial charge >= 0.3 is 0 Å². The van der Waals surface area contributed by atoms with Crippen LogP contribution in [0, 0.1) is 0 Å². The van der Waals surface area contributed by atoms with Gasteiger partial charge in [0.05, 0.1) is 12.0 Å². The van der Waals surface area contributed by atoms with Crippen molar-refractivity contribution in [2.24, 2.45) is 0 Å². The van der Waals surface area contributed by atoms with E-state index >= 15 is 0 Å². The molecular formula is C20H26N2O4S. The fraction of sp³-hybridized carbons (Fsp3) is 0.350. The SMILES string of the molecule is CCc1cccc(NC(=O)CCCN(C)S(=O)(=O)c2ccc(OC)cc2)c1. The van der Waals surface area contributed by atoms with Crippen molar-refractivity contribution in [2.45, 2.75) is 31.1 Å². The molecule has 1 amide bonds. The number of anilines is 1. The molecule has 0 bridgehead atoms. The number of hydrogen-bond acceptors (Lipinski definition) is 4. The Morgan fingerprint density at radius 2 is 1.85 bits per heavy atom. The van der Waals surface area contributed by atoms with Crippen molar-refractivity contribution in [1.29, 1.82) is 0 Å². The summed E-state index contributed by atoms with van der Waals surface area (Å²) in [5.41, 5.74) is 1.91. The second-order valence-corrected chi connectivity index (χ2v) is 8.25. The number of ether oxygens (including phenoxy) is 1. The highest BCUT2D eigenvalue weighted by atomic mass is 32.2. The number of methoxy groups -OCH3 is 1. The van der Waals surface area contributed by atoms with Crippen LogP contribution in [0.4, 0.5) is 5.69 Å². The molecule has 0 saturated heterocycles. The van der Waals surface area contributed by atoms with E-state index in [1.165, 1.54) is 30.6 Å². The van der Waals surface area contributed by atoms with E-state index in [1.807, 2.05) is 24.3 Å². The van der Waals surface area contributed by atoms with Crippen LogP contribution in [0.15, 0.2) is 53.4 Å². The Kier molecular flexibility index (Phi) is 7.38. The maximum Gasteiger partial charge on any atom is 0.242 e. The van der Waals surface area contributed by atoms with Gasteiger partial charge in [-0.05, 0) is 54.8 Å². The number of aryl methyl sites for hydroxylation is 1. The van der Waals surface area contributed by atoms with Crippen molar-refractivity contribution in [1.82, 2.24) is 4.31 Å². The number of rotatable bonds is 9. The summed E-state index contributed by atoms with van der Waals surface area (Å²) in [5, 5.41) is 2.85. The van der Waals surface area contributed by atoms with E-state index in [2.05, 4.69) is 12.2 Å². The minimum absolute atomic E-state index is 0.126. The monoisotopic (exact) mass is 390 g/mol. The largest absolute Gasteiger partial charge is 0.497 e. The van der Waals surface area contributed by atoms with E-state index in [-0.39, 0.29) is 23.8 Å². The van der Waals surface area contributed by atoms with Gasteiger partial charge in [-0.25, -0.2) is 12.7 Å². The number of carbonyl (C=O) groups is 1. The first-order chi connectivity index (χ1) is 12.9. The van der Waals surface area contributed by atoms with Crippen LogP contribution in [0.2, 0.25) is 0 Å². The van der Waals surface area contributed by atoms with E-state index in [9.17, 15) is 13.2 Å². The lowest BCUT2D eigenvalue weighted by Crippen LogP contribution is -2.28. The summed E-state index contributed by atoms with van der Waals surface area (Å²) in [5.74, 6) is 0.471. The molecule has 0 aliphatic heterocycles. The smallest absolute Gasteiger partial charge is 0.242 e. The molecule has 0 radical (unpaired) electrons. The van der Waals surface area contributed by atoms with E-state index in [1.54, 1.807) is 12.1 Å². The molecule has 0 saturated carbocycles. The minimum Gasteiger partial charge on any atom is -0.497 e. The lowest BCUT2D eigenvalue weighted by molar-refractivity contribution is -0.116. The molecule has 2 aromatic rings. The number of nitrogens with zero attached hydrogens (tertiary/aromatic N) is 1. The molecule has 0 fully saturated rings. The van der Waals surface area contributed by atoms with Crippen molar-refractivity contribution in [3.8, 4) is 5.75 Å². The zero-order chi connectivity index (χ0) is 19.9. The molecule has 6 nitrogen and oxygen atoms in total. The summed E-state index contributed by atoms with van der Waals surface area (Å²) in [6, 6.07) is 13.9. The van der Waals surface area contributed by atoms with Crippen molar-refractivity contribution in [3.63, 3.8) is 0 Å². The predicted molar refractivity (Wildman–Crippen MR) is 106 cm³/mol. The fourth-order valence-corrected chi connectivity index (χ4v) is 3.81. The Balaban J connectivity index is 1.86. The van der Waals surface area contributed by atoms with Gasteiger partial charge in [-0.1, -0.05) is 19.1 Å². The molecule has 0 aliphatic rings. The maximum atomic E-state index is 12.6. The first-order valence-corrected chi connectivity index (χ1v) is 10.3. The Labute approximate surface area is 161 Å². The highest BCUT2D eigenvalue weighted by Crippen LogP contribution is 2.19. The van der Waals surface area contributed by atoms with Crippen LogP contribution in [-0.2, 0) is 21.2 Å². The molecule has 2 rings (SSSR count). The lowest BCUT2D eigenvalue weighted by Gasteiger charge is -2.17. The number of carbonyl (C=O) groups excluding carboxylic acids is 1. The van der Waals surface area contributed by atoms with Crippen LogP contribution in [0.3, 0.4) is 0 Å². The van der Waals surface area contributed by atoms with Gasteiger partial charge in [0.25, 0.3) is 0 Å². The summed E-state index contributed by atoms with van der Waals surface area (Å²) < 4.78 is 31.4. The van der Waals surface area contributed by atoms with Crippen molar-refractivity contribution in [2.75, 3.05) is 26.0 Å². The van der Waals surface area contributed by atoms with Crippen molar-refractivity contribution in [3.05, 3.63) is 54.1 Å². The summed E-state index contributed by atoms with van der Waals surface area (Å²) in [6.07, 6.45) is 1.59. The molecule has 0 unspecified atom stereocenters. The summed E-state index contributed by atoms with van der Waals surface area (Å²) in [6.45, 7) is 2.32. The van der Waals surface area contributed by atoms with Gasteiger partial charge in [-0.3, -0.25) is 4.79 Å². The topological polar surface area (TPSA) is 75.7 Å². The number of amides is 1. The number of benzene rings is 2. The van der Waals surface area contributed by atoms with Gasteiger partial charge in [0.2, 0.25) is 15.9 Å². The molecule has 0 heterocycles. The zero-order valence-corrected chi connectivity index (χ0v) is 16.8. The Bertz CT molecular complexity index is 864. The quantitative estimate of drug-likeness (QED) is 0.713. The molecule has 7 heteroatoms. The average Bonchev–Trinajstić information content (AvgIpc) is 2.68. The molecule has 146 valence electrons. The predicted octanol–water partition coefficient (Wildman–Crippen LogP) is 3.30. The van der Waals surface area contributed by atoms with Crippen LogP contribution in [0.1, 0.15) is 25.3 Å². The molecule has 0 spiro atoms. The zero-order valence-electron chi connectivity index (χ0n) is 15.9. The highest BCUT2D eigenvalue weighted by molar-refractivity contribution is 7.89. The molecule has 0 atom stereocenters. The fourth-order valence-electron chi connectivity index (χ4n) is 2.60. The van der Waals surface area contributed by atoms with Gasteiger partial charge in [0, 0.05) is 25.7 Å². The standard InChI is InChI=1S/C20H26N2O4S/c1-4-16-7-5-8-17(15-16)21-20(23)9-6-14-22(2)27(24,25)19-12-10-18(26-3)11-13-19/h5,7-8,10-13,15H,4,6,9,14H2,1-3H3,(H,21,23). The third-order valence-corrected chi connectivity index (χ3v) is 6.13. The first-order valence-electron chi connectivity index (χ1n) is 8.86. The summed E-state index contributed by atoms with van der Waals surface area (Å²) >= 11 is 0. The average molecular weight is 391 g/mol. The van der Waals surface area contributed by atoms with Crippen LogP contribution in [0.5, 0.6) is 5.75 Å². The Morgan fingerprint density at radius 3 is 2.48 bits per heavy atom. The molecule has 0 aliphatic carbocycles. The highest BCUT2D eigenvalue weighted by Gasteiger charge is 2.20. The number of sulfonamides is 1. The molecular weight excluding hydrogens is 364 g/mol. The second kappa shape index (κ2) is 9.53. The summed E-state index contributed by atoms with van der Waals surface area (Å²) in [4.78, 5) is 12.3. The second-order valence-electron chi connectivity index (χ2n) is 6.21. The van der Waals surface area contributed by atoms with Crippen LogP contribution < -0.4 is 10.1 Å². The first kappa shape index (κ1) is 20.9. The number of hydrogen-bond donors (Lipinski definition) is 1. The summed E-state index contributed by atoms with van der Waals surface area (Å²) in [7, 11) is -0.541. The van der Waals surface area contributed by atoms with Gasteiger partial charge in [-0.2, -0.15) is 0 Å². The maximum absolute atomic E-state index is 12.6. The minimum atomic E-state index is -3.58. The Hall–Kier alpha value is -2.38. The van der Waals surface area contributed by atoms with Crippen LogP contribution in [-0.4, -0.2) is 39.3 Å². The normalized spacial score (nSPS) is 11.4. The lowest BCUT2D eigenvalue weighted by atomic mass is 10.1. The molecule has 1 N–H and O–H groups in total. The van der Waals surface area contributed by atoms with Gasteiger partial charge in [0.1, 0.15) is 5.75 Å². The third kappa shape index (κ3) is 5.80. The van der Waals surface area contributed by atoms with Crippen molar-refractivity contribution < 1.29 is 17.9 Å². The molecule has 0 aromatic heterocycles. The van der Waals surface area contributed by atoms with Crippen LogP contribution in [0.25, 0.3) is 0 Å². The van der Waals surface area contributed by atoms with E-state index in [0.29, 0.717) is 12.2 Å². The molecule has 27 heavy (non-hydrogen) atoms. The van der Waals surface area contributed by atoms with E-state index < -0.39 is 10.0 Å². The van der Waals surface area contributed by atoms with Gasteiger partial charge in [-0.15, -0.1) is 0 Å². The third-order valence-electron chi connectivity index (χ3n) is 4.26. The number of nitrogens with one attached hydrogen (secondary N) is 1. The van der Waals surface area contributed by atoms with Gasteiger partial charge < -0.3 is 10.1 Å². The molecule has 2 aromatic carbocycles. The van der Waals surface area contributed by atoms with E-state index in [4.69, 9.17) is 4.74 Å².